The Labute approximate surface area is 246 Å². The molecule has 4 rings (SSSR count). The molecule has 0 radical (unpaired) electrons. The van der Waals surface area contributed by atoms with Gasteiger partial charge in [0.15, 0.2) is 9.84 Å². The summed E-state index contributed by atoms with van der Waals surface area (Å²) in [7, 11) is -7.83. The maximum Gasteiger partial charge on any atom is 0.264 e. The summed E-state index contributed by atoms with van der Waals surface area (Å²) in [6.45, 7) is 5.97. The quantitative estimate of drug-likeness (QED) is 0.191. The van der Waals surface area contributed by atoms with Crippen LogP contribution in [0.2, 0.25) is 0 Å². The molecule has 0 N–H and O–H groups in total. The molecule has 3 aromatic carbocycles. The molecule has 5 nitrogen and oxygen atoms in total. The highest BCUT2D eigenvalue weighted by atomic mass is 32.2. The monoisotopic (exact) mass is 589 g/mol. The van der Waals surface area contributed by atoms with E-state index in [-0.39, 0.29) is 9.79 Å². The molecule has 0 saturated carbocycles. The predicted octanol–water partition coefficient (Wildman–Crippen LogP) is 6.87. The van der Waals surface area contributed by atoms with Crippen molar-refractivity contribution >= 4 is 19.9 Å². The summed E-state index contributed by atoms with van der Waals surface area (Å²) in [5.74, 6) is 5.76. The number of nitrogens with zero attached hydrogens (tertiary/aromatic N) is 1. The molecule has 1 heterocycles. The maximum absolute atomic E-state index is 14.1. The summed E-state index contributed by atoms with van der Waals surface area (Å²) in [5.41, 5.74) is 2.83. The van der Waals surface area contributed by atoms with E-state index in [0.29, 0.717) is 12.8 Å². The predicted molar refractivity (Wildman–Crippen MR) is 165 cm³/mol. The molecule has 0 saturated heterocycles. The van der Waals surface area contributed by atoms with Crippen LogP contribution in [0.4, 0.5) is 0 Å². The highest BCUT2D eigenvalue weighted by Crippen LogP contribution is 2.36. The Hall–Kier alpha value is -3.34. The lowest BCUT2D eigenvalue weighted by Crippen LogP contribution is -2.50. The summed E-state index contributed by atoms with van der Waals surface area (Å²) < 4.78 is 57.5. The average Bonchev–Trinajstić information content (AvgIpc) is 2.96. The van der Waals surface area contributed by atoms with E-state index >= 15 is 0 Å². The minimum absolute atomic E-state index is 0.164. The number of benzene rings is 3. The minimum Gasteiger partial charge on any atom is -0.269 e. The summed E-state index contributed by atoms with van der Waals surface area (Å²) in [5, 5.41) is -0.994. The van der Waals surface area contributed by atoms with E-state index in [1.54, 1.807) is 48.5 Å². The van der Waals surface area contributed by atoms with Gasteiger partial charge in [-0.1, -0.05) is 97.8 Å². The van der Waals surface area contributed by atoms with Crippen LogP contribution in [-0.2, 0) is 26.3 Å². The van der Waals surface area contributed by atoms with Gasteiger partial charge < -0.3 is 0 Å². The first-order chi connectivity index (χ1) is 19.6. The van der Waals surface area contributed by atoms with Gasteiger partial charge in [-0.2, -0.15) is 0 Å². The average molecular weight is 590 g/mol. The van der Waals surface area contributed by atoms with Crippen molar-refractivity contribution in [3.05, 3.63) is 108 Å². The van der Waals surface area contributed by atoms with Crippen molar-refractivity contribution in [3.63, 3.8) is 0 Å². The third-order valence-electron chi connectivity index (χ3n) is 7.53. The zero-order chi connectivity index (χ0) is 29.5. The van der Waals surface area contributed by atoms with Gasteiger partial charge in [0.05, 0.1) is 21.8 Å². The van der Waals surface area contributed by atoms with Gasteiger partial charge in [-0.25, -0.2) is 16.8 Å². The molecule has 41 heavy (non-hydrogen) atoms. The first-order valence-corrected chi connectivity index (χ1v) is 17.2. The summed E-state index contributed by atoms with van der Waals surface area (Å²) >= 11 is 0. The Morgan fingerprint density at radius 3 is 1.98 bits per heavy atom. The highest BCUT2D eigenvalue weighted by molar-refractivity contribution is 7.92. The number of sulfone groups is 1. The van der Waals surface area contributed by atoms with E-state index in [9.17, 15) is 16.8 Å². The van der Waals surface area contributed by atoms with E-state index in [1.165, 1.54) is 16.6 Å². The lowest BCUT2D eigenvalue weighted by molar-refractivity contribution is 0.312. The van der Waals surface area contributed by atoms with E-state index in [4.69, 9.17) is 0 Å². The first kappa shape index (κ1) is 30.6. The van der Waals surface area contributed by atoms with Crippen LogP contribution in [-0.4, -0.2) is 32.4 Å². The molecule has 0 unspecified atom stereocenters. The van der Waals surface area contributed by atoms with Crippen molar-refractivity contribution in [3.8, 4) is 11.8 Å². The van der Waals surface area contributed by atoms with Crippen LogP contribution in [0.15, 0.2) is 101 Å². The molecule has 7 heteroatoms. The Bertz CT molecular complexity index is 1600. The Morgan fingerprint density at radius 2 is 1.37 bits per heavy atom. The summed E-state index contributed by atoms with van der Waals surface area (Å²) in [6, 6.07) is 22.4. The van der Waals surface area contributed by atoms with Gasteiger partial charge in [-0.3, -0.25) is 4.31 Å². The van der Waals surface area contributed by atoms with Crippen LogP contribution in [0, 0.1) is 31.6 Å². The molecule has 0 fully saturated rings. The van der Waals surface area contributed by atoms with Crippen molar-refractivity contribution in [1.82, 2.24) is 4.31 Å². The van der Waals surface area contributed by atoms with Crippen molar-refractivity contribution in [2.45, 2.75) is 80.4 Å². The number of hydrogen-bond donors (Lipinski definition) is 0. The second kappa shape index (κ2) is 13.5. The van der Waals surface area contributed by atoms with Gasteiger partial charge in [0.1, 0.15) is 5.25 Å². The van der Waals surface area contributed by atoms with E-state index in [1.807, 2.05) is 44.2 Å². The molecule has 0 aliphatic carbocycles. The Morgan fingerprint density at radius 1 is 0.756 bits per heavy atom. The number of rotatable bonds is 10. The molecule has 0 bridgehead atoms. The van der Waals surface area contributed by atoms with Crippen LogP contribution >= 0.6 is 0 Å². The molecule has 3 aromatic rings. The van der Waals surface area contributed by atoms with Gasteiger partial charge in [0.25, 0.3) is 10.0 Å². The molecule has 0 spiro atoms. The van der Waals surface area contributed by atoms with Crippen molar-refractivity contribution < 1.29 is 16.8 Å². The number of unbranched alkanes of at least 4 members (excludes halogenated alkanes) is 4. The molecule has 3 atom stereocenters. The topological polar surface area (TPSA) is 71.5 Å². The normalized spacial score (nSPS) is 19.0. The molecule has 216 valence electrons. The SMILES string of the molecule is CCCCCCC#C[C@H]1[C@H](Cc2ccccc2)N(S(=O)(=O)c2ccc(C)cc2)C=C[C@@H]1S(=O)(=O)c1ccc(C)cc1. The molecule has 1 aliphatic heterocycles. The third kappa shape index (κ3) is 7.30. The van der Waals surface area contributed by atoms with Crippen molar-refractivity contribution in [2.24, 2.45) is 5.92 Å². The molecule has 0 aromatic heterocycles. The summed E-state index contributed by atoms with van der Waals surface area (Å²) in [6.07, 6.45) is 8.14. The lowest BCUT2D eigenvalue weighted by atomic mass is 9.88. The van der Waals surface area contributed by atoms with Gasteiger partial charge in [0, 0.05) is 12.6 Å². The molecular formula is C34H39NO4S2. The second-order valence-corrected chi connectivity index (χ2v) is 14.7. The minimum atomic E-state index is -3.98. The van der Waals surface area contributed by atoms with Crippen molar-refractivity contribution in [2.75, 3.05) is 0 Å². The number of aryl methyl sites for hydroxylation is 2. The smallest absolute Gasteiger partial charge is 0.264 e. The van der Waals surface area contributed by atoms with Crippen LogP contribution < -0.4 is 0 Å². The van der Waals surface area contributed by atoms with Gasteiger partial charge in [-0.05, 0) is 62.6 Å². The highest BCUT2D eigenvalue weighted by Gasteiger charge is 2.45. The van der Waals surface area contributed by atoms with Crippen LogP contribution in [0.1, 0.15) is 55.7 Å². The Kier molecular flexibility index (Phi) is 10.1. The third-order valence-corrected chi connectivity index (χ3v) is 11.4. The second-order valence-electron chi connectivity index (χ2n) is 10.7. The van der Waals surface area contributed by atoms with Crippen LogP contribution in [0.3, 0.4) is 0 Å². The molecular weight excluding hydrogens is 551 g/mol. The van der Waals surface area contributed by atoms with Crippen molar-refractivity contribution in [1.29, 1.82) is 0 Å². The van der Waals surface area contributed by atoms with E-state index < -0.39 is 37.1 Å². The van der Waals surface area contributed by atoms with Gasteiger partial charge in [-0.15, -0.1) is 5.92 Å². The largest absolute Gasteiger partial charge is 0.269 e. The standard InChI is InChI=1S/C34H39NO4S2/c1-4-5-6-7-8-12-15-32-33(26-29-13-10-9-11-14-29)35(41(38,39)31-22-18-28(3)19-23-31)25-24-34(32)40(36,37)30-20-16-27(2)17-21-30/h9-11,13-14,16-25,32-34H,4-8,26H2,1-3H3/t32-,33-,34-/m0/s1. The van der Waals surface area contributed by atoms with E-state index in [0.717, 1.165) is 42.4 Å². The summed E-state index contributed by atoms with van der Waals surface area (Å²) in [4.78, 5) is 0.373. The van der Waals surface area contributed by atoms with Gasteiger partial charge in [0.2, 0.25) is 0 Å². The first-order valence-electron chi connectivity index (χ1n) is 14.3. The molecule has 0 amide bonds. The van der Waals surface area contributed by atoms with Crippen LogP contribution in [0.25, 0.3) is 0 Å². The fourth-order valence-corrected chi connectivity index (χ4v) is 8.39. The van der Waals surface area contributed by atoms with E-state index in [2.05, 4.69) is 18.8 Å². The zero-order valence-electron chi connectivity index (χ0n) is 24.0. The fourth-order valence-electron chi connectivity index (χ4n) is 5.13. The number of sulfonamides is 1. The zero-order valence-corrected chi connectivity index (χ0v) is 25.7. The van der Waals surface area contributed by atoms with Gasteiger partial charge >= 0.3 is 0 Å². The maximum atomic E-state index is 14.1. The van der Waals surface area contributed by atoms with Crippen LogP contribution in [0.5, 0.6) is 0 Å². The number of hydrogen-bond acceptors (Lipinski definition) is 4. The fraction of sp³-hybridized carbons (Fsp3) is 0.353. The Balaban J connectivity index is 1.83. The molecule has 1 aliphatic rings. The lowest BCUT2D eigenvalue weighted by Gasteiger charge is -2.39.